The van der Waals surface area contributed by atoms with Crippen molar-refractivity contribution in [2.24, 2.45) is 14.1 Å². The van der Waals surface area contributed by atoms with E-state index in [9.17, 15) is 0 Å². The zero-order chi connectivity index (χ0) is 18.8. The van der Waals surface area contributed by atoms with Crippen LogP contribution in [0.4, 0.5) is 5.82 Å². The molecule has 0 amide bonds. The molecule has 138 valence electrons. The predicted molar refractivity (Wildman–Crippen MR) is 105 cm³/mol. The summed E-state index contributed by atoms with van der Waals surface area (Å²) in [6.07, 6.45) is 7.38. The quantitative estimate of drug-likeness (QED) is 0.571. The van der Waals surface area contributed by atoms with E-state index in [1.807, 2.05) is 38.8 Å². The number of hydrogen-bond acceptors (Lipinski definition) is 5. The zero-order valence-corrected chi connectivity index (χ0v) is 15.8. The first-order valence-electron chi connectivity index (χ1n) is 9.08. The lowest BCUT2D eigenvalue weighted by Gasteiger charge is -2.14. The first-order chi connectivity index (χ1) is 13.1. The van der Waals surface area contributed by atoms with Gasteiger partial charge in [-0.25, -0.2) is 9.97 Å². The molecular weight excluding hydrogens is 338 g/mol. The molecule has 27 heavy (non-hydrogen) atoms. The van der Waals surface area contributed by atoms with Gasteiger partial charge < -0.3 is 5.32 Å². The van der Waals surface area contributed by atoms with Gasteiger partial charge in [-0.1, -0.05) is 30.3 Å². The summed E-state index contributed by atoms with van der Waals surface area (Å²) in [6.45, 7) is 2.10. The molecule has 0 radical (unpaired) electrons. The number of aromatic nitrogens is 6. The summed E-state index contributed by atoms with van der Waals surface area (Å²) >= 11 is 0. The van der Waals surface area contributed by atoms with Crippen molar-refractivity contribution in [2.45, 2.75) is 25.8 Å². The molecule has 7 nitrogen and oxygen atoms in total. The molecule has 3 heterocycles. The number of nitrogens with zero attached hydrogens (tertiary/aromatic N) is 6. The topological polar surface area (TPSA) is 73.5 Å². The van der Waals surface area contributed by atoms with Crippen molar-refractivity contribution in [1.82, 2.24) is 29.5 Å². The maximum Gasteiger partial charge on any atom is 0.163 e. The van der Waals surface area contributed by atoms with Gasteiger partial charge in [0, 0.05) is 32.3 Å². The lowest BCUT2D eigenvalue weighted by atomic mass is 10.1. The maximum absolute atomic E-state index is 4.80. The number of nitrogens with one attached hydrogen (secondary N) is 1. The van der Waals surface area contributed by atoms with Gasteiger partial charge in [-0.05, 0) is 18.9 Å². The lowest BCUT2D eigenvalue weighted by molar-refractivity contribution is 0.764. The van der Waals surface area contributed by atoms with Gasteiger partial charge in [-0.15, -0.1) is 0 Å². The van der Waals surface area contributed by atoms with E-state index in [4.69, 9.17) is 9.97 Å². The van der Waals surface area contributed by atoms with Crippen molar-refractivity contribution in [3.8, 4) is 0 Å². The molecule has 1 N–H and O–H groups in total. The molecular formula is C20H23N7. The van der Waals surface area contributed by atoms with E-state index in [1.165, 1.54) is 5.56 Å². The van der Waals surface area contributed by atoms with E-state index in [0.29, 0.717) is 0 Å². The smallest absolute Gasteiger partial charge is 0.163 e. The second-order valence-corrected chi connectivity index (χ2v) is 6.79. The minimum atomic E-state index is 0.0824. The molecule has 0 spiro atoms. The van der Waals surface area contributed by atoms with Crippen LogP contribution >= 0.6 is 0 Å². The van der Waals surface area contributed by atoms with E-state index < -0.39 is 0 Å². The fourth-order valence-corrected chi connectivity index (χ4v) is 3.14. The van der Waals surface area contributed by atoms with E-state index in [0.717, 1.165) is 41.1 Å². The molecule has 0 fully saturated rings. The SMILES string of the molecule is C[C@@H](Nc1nc(CCc2ccccc2)nc2c1cnn2C)c1cnn(C)c1. The van der Waals surface area contributed by atoms with Crippen molar-refractivity contribution in [3.05, 3.63) is 65.9 Å². The molecule has 4 rings (SSSR count). The zero-order valence-electron chi connectivity index (χ0n) is 15.8. The predicted octanol–water partition coefficient (Wildman–Crippen LogP) is 3.06. The molecule has 4 aromatic rings. The van der Waals surface area contributed by atoms with Crippen LogP contribution in [0.3, 0.4) is 0 Å². The summed E-state index contributed by atoms with van der Waals surface area (Å²) in [7, 11) is 3.83. The Morgan fingerprint density at radius 2 is 1.81 bits per heavy atom. The summed E-state index contributed by atoms with van der Waals surface area (Å²) in [5, 5.41) is 13.0. The summed E-state index contributed by atoms with van der Waals surface area (Å²) in [4.78, 5) is 9.53. The standard InChI is InChI=1S/C20H23N7/c1-14(16-11-21-26(2)13-16)23-19-17-12-22-27(3)20(17)25-18(24-19)10-9-15-7-5-4-6-8-15/h4-8,11-14H,9-10H2,1-3H3,(H,23,24,25)/t14-/m1/s1. The van der Waals surface area contributed by atoms with Gasteiger partial charge in [-0.3, -0.25) is 9.36 Å². The monoisotopic (exact) mass is 361 g/mol. The van der Waals surface area contributed by atoms with Crippen LogP contribution in [-0.2, 0) is 26.9 Å². The van der Waals surface area contributed by atoms with E-state index in [-0.39, 0.29) is 6.04 Å². The van der Waals surface area contributed by atoms with E-state index >= 15 is 0 Å². The summed E-state index contributed by atoms with van der Waals surface area (Å²) in [5.74, 6) is 1.63. The summed E-state index contributed by atoms with van der Waals surface area (Å²) < 4.78 is 3.60. The average molecular weight is 361 g/mol. The van der Waals surface area contributed by atoms with Crippen molar-refractivity contribution in [1.29, 1.82) is 0 Å². The molecule has 0 bridgehead atoms. The molecule has 3 aromatic heterocycles. The van der Waals surface area contributed by atoms with Crippen LogP contribution in [0.2, 0.25) is 0 Å². The molecule has 7 heteroatoms. The first kappa shape index (κ1) is 17.2. The Morgan fingerprint density at radius 3 is 2.56 bits per heavy atom. The van der Waals surface area contributed by atoms with Crippen LogP contribution in [0.5, 0.6) is 0 Å². The highest BCUT2D eigenvalue weighted by molar-refractivity contribution is 5.86. The highest BCUT2D eigenvalue weighted by atomic mass is 15.3. The van der Waals surface area contributed by atoms with Crippen LogP contribution in [0.1, 0.15) is 29.9 Å². The number of anilines is 1. The van der Waals surface area contributed by atoms with E-state index in [2.05, 4.69) is 46.7 Å². The van der Waals surface area contributed by atoms with Crippen molar-refractivity contribution >= 4 is 16.9 Å². The molecule has 0 saturated heterocycles. The van der Waals surface area contributed by atoms with Crippen LogP contribution in [-0.4, -0.2) is 29.5 Å². The molecule has 0 aliphatic heterocycles. The Labute approximate surface area is 158 Å². The summed E-state index contributed by atoms with van der Waals surface area (Å²) in [6, 6.07) is 10.5. The fourth-order valence-electron chi connectivity index (χ4n) is 3.14. The van der Waals surface area contributed by atoms with Gasteiger partial charge in [0.1, 0.15) is 11.6 Å². The second-order valence-electron chi connectivity index (χ2n) is 6.79. The van der Waals surface area contributed by atoms with E-state index in [1.54, 1.807) is 9.36 Å². The second kappa shape index (κ2) is 7.19. The van der Waals surface area contributed by atoms with Crippen LogP contribution in [0.25, 0.3) is 11.0 Å². The largest absolute Gasteiger partial charge is 0.363 e. The Morgan fingerprint density at radius 1 is 1.00 bits per heavy atom. The molecule has 0 unspecified atom stereocenters. The Balaban J connectivity index is 1.62. The van der Waals surface area contributed by atoms with Gasteiger partial charge in [0.25, 0.3) is 0 Å². The molecule has 1 atom stereocenters. The van der Waals surface area contributed by atoms with Gasteiger partial charge in [0.2, 0.25) is 0 Å². The fraction of sp³-hybridized carbons (Fsp3) is 0.300. The third-order valence-corrected chi connectivity index (χ3v) is 4.70. The molecule has 1 aromatic carbocycles. The number of benzene rings is 1. The first-order valence-corrected chi connectivity index (χ1v) is 9.08. The van der Waals surface area contributed by atoms with Gasteiger partial charge >= 0.3 is 0 Å². The summed E-state index contributed by atoms with van der Waals surface area (Å²) in [5.41, 5.74) is 3.23. The minimum absolute atomic E-state index is 0.0824. The van der Waals surface area contributed by atoms with Crippen LogP contribution < -0.4 is 5.32 Å². The number of hydrogen-bond donors (Lipinski definition) is 1. The lowest BCUT2D eigenvalue weighted by Crippen LogP contribution is -2.10. The minimum Gasteiger partial charge on any atom is -0.363 e. The van der Waals surface area contributed by atoms with Gasteiger partial charge in [0.05, 0.1) is 23.8 Å². The Bertz CT molecular complexity index is 1050. The van der Waals surface area contributed by atoms with Crippen LogP contribution in [0.15, 0.2) is 48.9 Å². The van der Waals surface area contributed by atoms with Crippen molar-refractivity contribution < 1.29 is 0 Å². The number of fused-ring (bicyclic) bond motifs is 1. The average Bonchev–Trinajstić information content (AvgIpc) is 3.27. The highest BCUT2D eigenvalue weighted by Gasteiger charge is 2.15. The third kappa shape index (κ3) is 3.67. The Hall–Kier alpha value is -3.22. The molecule has 0 aliphatic carbocycles. The normalized spacial score (nSPS) is 12.4. The van der Waals surface area contributed by atoms with Crippen molar-refractivity contribution in [3.63, 3.8) is 0 Å². The number of aryl methyl sites for hydroxylation is 4. The highest BCUT2D eigenvalue weighted by Crippen LogP contribution is 2.24. The Kier molecular flexibility index (Phi) is 4.58. The van der Waals surface area contributed by atoms with Crippen LogP contribution in [0, 0.1) is 0 Å². The van der Waals surface area contributed by atoms with Gasteiger partial charge in [0.15, 0.2) is 5.65 Å². The number of rotatable bonds is 6. The van der Waals surface area contributed by atoms with Crippen molar-refractivity contribution in [2.75, 3.05) is 5.32 Å². The maximum atomic E-state index is 4.80. The van der Waals surface area contributed by atoms with Gasteiger partial charge in [-0.2, -0.15) is 10.2 Å². The molecule has 0 aliphatic rings. The third-order valence-electron chi connectivity index (χ3n) is 4.70. The molecule has 0 saturated carbocycles.